The SMILES string of the molecule is O=C([O-])[C@H](Cc1ccccc1)N1C(=O)[C@@H]2[C@H](C1=O)[C@@H]1C=C[C@@H]2C1. The van der Waals surface area contributed by atoms with Crippen LogP contribution in [0.4, 0.5) is 0 Å². The first-order valence-corrected chi connectivity index (χ1v) is 7.88. The van der Waals surface area contributed by atoms with Crippen molar-refractivity contribution in [2.45, 2.75) is 18.9 Å². The van der Waals surface area contributed by atoms with E-state index < -0.39 is 12.0 Å². The lowest BCUT2D eigenvalue weighted by atomic mass is 9.85. The molecule has 1 aliphatic heterocycles. The van der Waals surface area contributed by atoms with E-state index in [2.05, 4.69) is 0 Å². The van der Waals surface area contributed by atoms with Gasteiger partial charge in [0.15, 0.2) is 0 Å². The van der Waals surface area contributed by atoms with Crippen molar-refractivity contribution in [2.24, 2.45) is 23.7 Å². The highest BCUT2D eigenvalue weighted by Crippen LogP contribution is 2.52. The monoisotopic (exact) mass is 310 g/mol. The van der Waals surface area contributed by atoms with Gasteiger partial charge in [-0.2, -0.15) is 0 Å². The first-order chi connectivity index (χ1) is 11.1. The second-order valence-electron chi connectivity index (χ2n) is 6.57. The van der Waals surface area contributed by atoms with Crippen molar-refractivity contribution in [1.82, 2.24) is 4.90 Å². The zero-order valence-corrected chi connectivity index (χ0v) is 12.4. The van der Waals surface area contributed by atoms with Gasteiger partial charge in [0.2, 0.25) is 11.8 Å². The van der Waals surface area contributed by atoms with E-state index in [1.54, 1.807) is 24.3 Å². The highest BCUT2D eigenvalue weighted by molar-refractivity contribution is 6.08. The number of likely N-dealkylation sites (tertiary alicyclic amines) is 1. The number of rotatable bonds is 4. The molecule has 5 atom stereocenters. The molecule has 4 rings (SSSR count). The van der Waals surface area contributed by atoms with Crippen LogP contribution in [0.2, 0.25) is 0 Å². The summed E-state index contributed by atoms with van der Waals surface area (Å²) in [5, 5.41) is 11.6. The molecule has 118 valence electrons. The summed E-state index contributed by atoms with van der Waals surface area (Å²) < 4.78 is 0. The fourth-order valence-electron chi connectivity index (χ4n) is 4.35. The first-order valence-electron chi connectivity index (χ1n) is 7.88. The van der Waals surface area contributed by atoms with E-state index in [1.807, 2.05) is 18.2 Å². The van der Waals surface area contributed by atoms with Gasteiger partial charge in [0.25, 0.3) is 0 Å². The fraction of sp³-hybridized carbons (Fsp3) is 0.389. The second kappa shape index (κ2) is 5.05. The molecule has 1 heterocycles. The molecule has 1 saturated heterocycles. The maximum Gasteiger partial charge on any atom is 0.234 e. The summed E-state index contributed by atoms with van der Waals surface area (Å²) in [6.45, 7) is 0. The molecule has 0 spiro atoms. The fourth-order valence-corrected chi connectivity index (χ4v) is 4.35. The summed E-state index contributed by atoms with van der Waals surface area (Å²) >= 11 is 0. The Bertz CT molecular complexity index is 681. The normalized spacial score (nSPS) is 32.4. The number of carboxylic acids is 1. The van der Waals surface area contributed by atoms with Crippen LogP contribution in [0, 0.1) is 23.7 Å². The summed E-state index contributed by atoms with van der Waals surface area (Å²) in [5.74, 6) is -2.68. The van der Waals surface area contributed by atoms with Crippen molar-refractivity contribution in [3.8, 4) is 0 Å². The predicted octanol–water partition coefficient (Wildman–Crippen LogP) is 0.155. The van der Waals surface area contributed by atoms with Crippen LogP contribution in [-0.4, -0.2) is 28.7 Å². The van der Waals surface area contributed by atoms with Crippen LogP contribution >= 0.6 is 0 Å². The number of benzene rings is 1. The molecule has 0 radical (unpaired) electrons. The number of hydrogen-bond donors (Lipinski definition) is 0. The van der Waals surface area contributed by atoms with Crippen molar-refractivity contribution in [2.75, 3.05) is 0 Å². The Labute approximate surface area is 133 Å². The maximum atomic E-state index is 12.7. The van der Waals surface area contributed by atoms with Crippen LogP contribution in [-0.2, 0) is 20.8 Å². The summed E-state index contributed by atoms with van der Waals surface area (Å²) in [7, 11) is 0. The Kier molecular flexibility index (Phi) is 3.11. The van der Waals surface area contributed by atoms with Crippen LogP contribution in [0.1, 0.15) is 12.0 Å². The van der Waals surface area contributed by atoms with Gasteiger partial charge in [-0.25, -0.2) is 0 Å². The van der Waals surface area contributed by atoms with Gasteiger partial charge >= 0.3 is 0 Å². The number of hydrogen-bond acceptors (Lipinski definition) is 4. The summed E-state index contributed by atoms with van der Waals surface area (Å²) in [4.78, 5) is 38.0. The number of imide groups is 1. The van der Waals surface area contributed by atoms with Gasteiger partial charge in [0.1, 0.15) is 0 Å². The number of allylic oxidation sites excluding steroid dienone is 2. The van der Waals surface area contributed by atoms with E-state index in [-0.39, 0.29) is 41.9 Å². The number of carbonyl (C=O) groups excluding carboxylic acids is 3. The molecule has 2 bridgehead atoms. The van der Waals surface area contributed by atoms with Gasteiger partial charge in [-0.05, 0) is 30.2 Å². The molecular weight excluding hydrogens is 294 g/mol. The minimum absolute atomic E-state index is 0.0746. The quantitative estimate of drug-likeness (QED) is 0.586. The van der Waals surface area contributed by atoms with Crippen molar-refractivity contribution in [1.29, 1.82) is 0 Å². The van der Waals surface area contributed by atoms with Crippen molar-refractivity contribution >= 4 is 17.8 Å². The summed E-state index contributed by atoms with van der Waals surface area (Å²) in [6.07, 6.45) is 4.90. The van der Waals surface area contributed by atoms with E-state index in [1.165, 1.54) is 0 Å². The molecule has 5 nitrogen and oxygen atoms in total. The molecule has 0 aromatic heterocycles. The van der Waals surface area contributed by atoms with E-state index in [0.29, 0.717) is 0 Å². The van der Waals surface area contributed by atoms with Gasteiger partial charge in [-0.3, -0.25) is 14.5 Å². The minimum Gasteiger partial charge on any atom is -0.548 e. The summed E-state index contributed by atoms with van der Waals surface area (Å²) in [6, 6.07) is 7.77. The summed E-state index contributed by atoms with van der Waals surface area (Å²) in [5.41, 5.74) is 0.764. The number of nitrogens with zero attached hydrogens (tertiary/aromatic N) is 1. The maximum absolute atomic E-state index is 12.7. The Hall–Kier alpha value is -2.43. The largest absolute Gasteiger partial charge is 0.548 e. The van der Waals surface area contributed by atoms with Crippen LogP contribution in [0.5, 0.6) is 0 Å². The highest BCUT2D eigenvalue weighted by atomic mass is 16.4. The molecular formula is C18H16NO4-. The average Bonchev–Trinajstić information content (AvgIpc) is 3.21. The zero-order chi connectivity index (χ0) is 16.1. The highest BCUT2D eigenvalue weighted by Gasteiger charge is 2.60. The van der Waals surface area contributed by atoms with Crippen molar-refractivity contribution < 1.29 is 19.5 Å². The third-order valence-electron chi connectivity index (χ3n) is 5.36. The molecule has 5 heteroatoms. The molecule has 1 aromatic carbocycles. The van der Waals surface area contributed by atoms with E-state index in [0.717, 1.165) is 16.9 Å². The minimum atomic E-state index is -1.38. The number of amides is 2. The molecule has 23 heavy (non-hydrogen) atoms. The molecule has 3 aliphatic rings. The Morgan fingerprint density at radius 1 is 1.09 bits per heavy atom. The van der Waals surface area contributed by atoms with Crippen molar-refractivity contribution in [3.63, 3.8) is 0 Å². The van der Waals surface area contributed by atoms with E-state index >= 15 is 0 Å². The van der Waals surface area contributed by atoms with Crippen molar-refractivity contribution in [3.05, 3.63) is 48.0 Å². The first kappa shape index (κ1) is 14.2. The van der Waals surface area contributed by atoms with E-state index in [9.17, 15) is 19.5 Å². The smallest absolute Gasteiger partial charge is 0.234 e. The second-order valence-corrected chi connectivity index (χ2v) is 6.57. The van der Waals surface area contributed by atoms with Crippen LogP contribution in [0.15, 0.2) is 42.5 Å². The van der Waals surface area contributed by atoms with Crippen LogP contribution in [0.3, 0.4) is 0 Å². The average molecular weight is 310 g/mol. The molecule has 1 aromatic rings. The molecule has 1 saturated carbocycles. The van der Waals surface area contributed by atoms with Gasteiger partial charge in [-0.1, -0.05) is 42.5 Å². The topological polar surface area (TPSA) is 77.5 Å². The van der Waals surface area contributed by atoms with Gasteiger partial charge in [0.05, 0.1) is 23.8 Å². The lowest BCUT2D eigenvalue weighted by molar-refractivity contribution is -0.310. The Balaban J connectivity index is 1.64. The van der Waals surface area contributed by atoms with Gasteiger partial charge in [-0.15, -0.1) is 0 Å². The molecule has 0 N–H and O–H groups in total. The van der Waals surface area contributed by atoms with Crippen LogP contribution < -0.4 is 5.11 Å². The van der Waals surface area contributed by atoms with Crippen LogP contribution in [0.25, 0.3) is 0 Å². The number of aliphatic carboxylic acids is 1. The molecule has 2 amide bonds. The third-order valence-corrected chi connectivity index (χ3v) is 5.36. The standard InChI is InChI=1S/C18H17NO4/c20-16-14-11-6-7-12(9-11)15(14)17(21)19(16)13(18(22)23)8-10-4-2-1-3-5-10/h1-7,11-15H,8-9H2,(H,22,23)/p-1/t11-,12-,13+,14-,15+/m1/s1. The molecule has 2 fully saturated rings. The lowest BCUT2D eigenvalue weighted by Gasteiger charge is -2.28. The Morgan fingerprint density at radius 2 is 1.65 bits per heavy atom. The predicted molar refractivity (Wildman–Crippen MR) is 78.5 cm³/mol. The number of carboxylic acid groups (broad SMARTS) is 1. The number of fused-ring (bicyclic) bond motifs is 5. The Morgan fingerprint density at radius 3 is 2.17 bits per heavy atom. The van der Waals surface area contributed by atoms with E-state index in [4.69, 9.17) is 0 Å². The molecule has 2 aliphatic carbocycles. The van der Waals surface area contributed by atoms with Gasteiger partial charge < -0.3 is 9.90 Å². The lowest BCUT2D eigenvalue weighted by Crippen LogP contribution is -2.52. The van der Waals surface area contributed by atoms with Gasteiger partial charge in [0, 0.05) is 0 Å². The zero-order valence-electron chi connectivity index (χ0n) is 12.4. The third kappa shape index (κ3) is 2.03. The molecule has 0 unspecified atom stereocenters. The number of carbonyl (C=O) groups is 3.